The van der Waals surface area contributed by atoms with Crippen LogP contribution in [0.2, 0.25) is 10.0 Å². The number of hydrogen-bond acceptors (Lipinski definition) is 6. The number of piperidine rings is 1. The molecule has 1 aliphatic heterocycles. The summed E-state index contributed by atoms with van der Waals surface area (Å²) in [6.45, 7) is 1.02. The molecule has 12 heteroatoms. The molecule has 2 heterocycles. The fourth-order valence-electron chi connectivity index (χ4n) is 2.90. The molecule has 152 valence electrons. The Morgan fingerprint density at radius 2 is 2.07 bits per heavy atom. The molecule has 0 spiro atoms. The first-order valence-electron chi connectivity index (χ1n) is 8.59. The van der Waals surface area contributed by atoms with Gasteiger partial charge in [-0.2, -0.15) is 9.40 Å². The maximum Gasteiger partial charge on any atom is 0.244 e. The van der Waals surface area contributed by atoms with E-state index in [-0.39, 0.29) is 34.8 Å². The summed E-state index contributed by atoms with van der Waals surface area (Å²) in [7, 11) is -3.74. The zero-order valence-corrected chi connectivity index (χ0v) is 17.9. The van der Waals surface area contributed by atoms with Crippen molar-refractivity contribution in [1.82, 2.24) is 24.8 Å². The maximum atomic E-state index is 12.8. The van der Waals surface area contributed by atoms with E-state index in [1.807, 2.05) is 0 Å². The molecule has 1 aromatic heterocycles. The van der Waals surface area contributed by atoms with Crippen LogP contribution in [0.5, 0.6) is 0 Å². The van der Waals surface area contributed by atoms with Crippen LogP contribution in [-0.2, 0) is 14.8 Å². The van der Waals surface area contributed by atoms with E-state index >= 15 is 0 Å². The summed E-state index contributed by atoms with van der Waals surface area (Å²) < 4.78 is 27.0. The average molecular weight is 464 g/mol. The molecule has 1 amide bonds. The molecule has 0 aliphatic carbocycles. The molecular formula is C16H19Cl2N5O3S2. The zero-order chi connectivity index (χ0) is 20.1. The first-order chi connectivity index (χ1) is 13.4. The lowest BCUT2D eigenvalue weighted by molar-refractivity contribution is -0.125. The van der Waals surface area contributed by atoms with Crippen molar-refractivity contribution in [3.63, 3.8) is 0 Å². The number of nitrogens with zero attached hydrogens (tertiary/aromatic N) is 3. The second kappa shape index (κ2) is 9.45. The number of benzene rings is 1. The number of aromatic amines is 1. The number of thioether (sulfide) groups is 1. The van der Waals surface area contributed by atoms with Gasteiger partial charge in [0.2, 0.25) is 15.9 Å². The van der Waals surface area contributed by atoms with Gasteiger partial charge in [0.15, 0.2) is 5.16 Å². The second-order valence-corrected chi connectivity index (χ2v) is 10.0. The molecule has 2 aromatic rings. The molecule has 0 unspecified atom stereocenters. The van der Waals surface area contributed by atoms with E-state index in [4.69, 9.17) is 23.2 Å². The van der Waals surface area contributed by atoms with Gasteiger partial charge in [-0.25, -0.2) is 13.4 Å². The highest BCUT2D eigenvalue weighted by molar-refractivity contribution is 7.99. The van der Waals surface area contributed by atoms with Gasteiger partial charge in [0.05, 0.1) is 5.02 Å². The number of carbonyl (C=O) groups is 1. The molecule has 1 fully saturated rings. The van der Waals surface area contributed by atoms with Crippen LogP contribution in [0.1, 0.15) is 12.8 Å². The van der Waals surface area contributed by atoms with E-state index in [9.17, 15) is 13.2 Å². The molecule has 0 bridgehead atoms. The molecule has 0 atom stereocenters. The fourth-order valence-corrected chi connectivity index (χ4v) is 5.75. The van der Waals surface area contributed by atoms with Gasteiger partial charge in [-0.3, -0.25) is 9.89 Å². The number of hydrogen-bond donors (Lipinski definition) is 2. The van der Waals surface area contributed by atoms with E-state index < -0.39 is 10.0 Å². The summed E-state index contributed by atoms with van der Waals surface area (Å²) in [5.74, 6) is 0.397. The van der Waals surface area contributed by atoms with E-state index in [0.717, 1.165) is 0 Å². The maximum absolute atomic E-state index is 12.8. The minimum atomic E-state index is -3.74. The Morgan fingerprint density at radius 3 is 2.75 bits per heavy atom. The third kappa shape index (κ3) is 5.18. The highest BCUT2D eigenvalue weighted by Gasteiger charge is 2.33. The summed E-state index contributed by atoms with van der Waals surface area (Å²) in [5, 5.41) is 10.5. The van der Waals surface area contributed by atoms with Crippen LogP contribution < -0.4 is 5.32 Å². The molecule has 3 rings (SSSR count). The minimum absolute atomic E-state index is 0.00555. The first kappa shape index (κ1) is 21.4. The zero-order valence-electron chi connectivity index (χ0n) is 14.8. The summed E-state index contributed by atoms with van der Waals surface area (Å²) in [6.07, 6.45) is 2.34. The van der Waals surface area contributed by atoms with Crippen molar-refractivity contribution in [3.05, 3.63) is 34.6 Å². The minimum Gasteiger partial charge on any atom is -0.355 e. The number of aromatic nitrogens is 3. The lowest BCUT2D eigenvalue weighted by Gasteiger charge is -2.30. The highest BCUT2D eigenvalue weighted by atomic mass is 35.5. The number of carbonyl (C=O) groups excluding carboxylic acids is 1. The SMILES string of the molecule is O=C(NCCSc1ncn[nH]1)C1CCN(S(=O)(=O)c2cc(Cl)ccc2Cl)CC1. The number of H-pyrrole nitrogens is 1. The fraction of sp³-hybridized carbons (Fsp3) is 0.438. The van der Waals surface area contributed by atoms with Crippen LogP contribution >= 0.6 is 35.0 Å². The van der Waals surface area contributed by atoms with Crippen LogP contribution in [0.3, 0.4) is 0 Å². The number of amides is 1. The molecular weight excluding hydrogens is 445 g/mol. The molecule has 1 saturated heterocycles. The number of halogens is 2. The summed E-state index contributed by atoms with van der Waals surface area (Å²) in [5.41, 5.74) is 0. The third-order valence-corrected chi connectivity index (χ3v) is 7.86. The van der Waals surface area contributed by atoms with Crippen molar-refractivity contribution in [3.8, 4) is 0 Å². The van der Waals surface area contributed by atoms with Gasteiger partial charge >= 0.3 is 0 Å². The lowest BCUT2D eigenvalue weighted by Crippen LogP contribution is -2.43. The lowest BCUT2D eigenvalue weighted by atomic mass is 9.97. The summed E-state index contributed by atoms with van der Waals surface area (Å²) in [4.78, 5) is 16.3. The van der Waals surface area contributed by atoms with Gasteiger partial charge in [0, 0.05) is 36.3 Å². The van der Waals surface area contributed by atoms with E-state index in [2.05, 4.69) is 20.5 Å². The number of sulfonamides is 1. The van der Waals surface area contributed by atoms with E-state index in [1.165, 1.54) is 34.5 Å². The Labute approximate surface area is 177 Å². The van der Waals surface area contributed by atoms with Crippen LogP contribution in [-0.4, -0.2) is 59.2 Å². The van der Waals surface area contributed by atoms with Crippen molar-refractivity contribution < 1.29 is 13.2 Å². The van der Waals surface area contributed by atoms with Crippen LogP contribution in [0.25, 0.3) is 0 Å². The van der Waals surface area contributed by atoms with Crippen molar-refractivity contribution in [2.75, 3.05) is 25.4 Å². The Hall–Kier alpha value is -1.33. The standard InChI is InChI=1S/C16H19Cl2N5O3S2/c17-12-1-2-13(18)14(9-12)28(25,26)23-6-3-11(4-7-23)15(24)19-5-8-27-16-20-10-21-22-16/h1-2,9-11H,3-8H2,(H,19,24)(H,20,21,22). The topological polar surface area (TPSA) is 108 Å². The second-order valence-electron chi connectivity index (χ2n) is 6.18. The average Bonchev–Trinajstić information content (AvgIpc) is 3.20. The van der Waals surface area contributed by atoms with Crippen LogP contribution in [0, 0.1) is 5.92 Å². The van der Waals surface area contributed by atoms with Crippen LogP contribution in [0.4, 0.5) is 0 Å². The normalized spacial score (nSPS) is 16.2. The Balaban J connectivity index is 1.49. The van der Waals surface area contributed by atoms with Crippen LogP contribution in [0.15, 0.2) is 34.6 Å². The van der Waals surface area contributed by atoms with Gasteiger partial charge in [0.25, 0.3) is 0 Å². The summed E-state index contributed by atoms with van der Waals surface area (Å²) >= 11 is 13.4. The van der Waals surface area contributed by atoms with Gasteiger partial charge in [-0.15, -0.1) is 0 Å². The van der Waals surface area contributed by atoms with E-state index in [1.54, 1.807) is 6.07 Å². The smallest absolute Gasteiger partial charge is 0.244 e. The number of nitrogens with one attached hydrogen (secondary N) is 2. The van der Waals surface area contributed by atoms with Gasteiger partial charge in [-0.1, -0.05) is 35.0 Å². The van der Waals surface area contributed by atoms with Crippen molar-refractivity contribution in [2.24, 2.45) is 5.92 Å². The monoisotopic (exact) mass is 463 g/mol. The summed E-state index contributed by atoms with van der Waals surface area (Å²) in [6, 6.07) is 4.36. The third-order valence-electron chi connectivity index (χ3n) is 4.37. The molecule has 0 saturated carbocycles. The van der Waals surface area contributed by atoms with Gasteiger partial charge < -0.3 is 5.32 Å². The first-order valence-corrected chi connectivity index (χ1v) is 11.8. The highest BCUT2D eigenvalue weighted by Crippen LogP contribution is 2.30. The largest absolute Gasteiger partial charge is 0.355 e. The predicted molar refractivity (Wildman–Crippen MR) is 108 cm³/mol. The molecule has 28 heavy (non-hydrogen) atoms. The predicted octanol–water partition coefficient (Wildman–Crippen LogP) is 2.42. The van der Waals surface area contributed by atoms with Crippen molar-refractivity contribution in [2.45, 2.75) is 22.9 Å². The molecule has 1 aromatic carbocycles. The molecule has 1 aliphatic rings. The molecule has 2 N–H and O–H groups in total. The van der Waals surface area contributed by atoms with Crippen molar-refractivity contribution in [1.29, 1.82) is 0 Å². The van der Waals surface area contributed by atoms with Gasteiger partial charge in [0.1, 0.15) is 11.2 Å². The Bertz CT molecular complexity index is 916. The molecule has 8 nitrogen and oxygen atoms in total. The van der Waals surface area contributed by atoms with E-state index in [0.29, 0.717) is 35.3 Å². The van der Waals surface area contributed by atoms with Gasteiger partial charge in [-0.05, 0) is 31.0 Å². The number of rotatable bonds is 7. The Kier molecular flexibility index (Phi) is 7.21. The van der Waals surface area contributed by atoms with Crippen molar-refractivity contribution >= 4 is 50.9 Å². The molecule has 0 radical (unpaired) electrons. The quantitative estimate of drug-likeness (QED) is 0.482. The Morgan fingerprint density at radius 1 is 1.32 bits per heavy atom.